The quantitative estimate of drug-likeness (QED) is 0.262. The van der Waals surface area contributed by atoms with Crippen LogP contribution in [0.15, 0.2) is 0 Å². The van der Waals surface area contributed by atoms with Gasteiger partial charge in [-0.2, -0.15) is 0 Å². The van der Waals surface area contributed by atoms with Crippen LogP contribution in [0.2, 0.25) is 0 Å². The minimum atomic E-state index is -2.66. The predicted molar refractivity (Wildman–Crippen MR) is 38.2 cm³/mol. The zero-order valence-electron chi connectivity index (χ0n) is 7.33. The lowest BCUT2D eigenvalue weighted by atomic mass is 10.0. The van der Waals surface area contributed by atoms with E-state index >= 15 is 0 Å². The van der Waals surface area contributed by atoms with Gasteiger partial charge in [0.05, 0.1) is 14.6 Å². The Kier molecular flexibility index (Phi) is 4.44. The first-order chi connectivity index (χ1) is 5.86. The summed E-state index contributed by atoms with van der Waals surface area (Å²) in [7, 11) is 0. The van der Waals surface area contributed by atoms with Gasteiger partial charge in [-0.05, 0) is 0 Å². The molecule has 74 valence electrons. The molecule has 6 N–H and O–H groups in total. The van der Waals surface area contributed by atoms with Gasteiger partial charge < -0.3 is 30.6 Å². The molecule has 0 aromatic rings. The van der Waals surface area contributed by atoms with Crippen LogP contribution in [-0.2, 0) is 0 Å². The monoisotopic (exact) mass is 183 g/mol. The van der Waals surface area contributed by atoms with Gasteiger partial charge in [0.15, 0.2) is 0 Å². The van der Waals surface area contributed by atoms with Crippen molar-refractivity contribution in [1.29, 1.82) is 0 Å². The normalized spacial score (nSPS) is 25.3. The molecule has 6 nitrogen and oxygen atoms in total. The highest BCUT2D eigenvalue weighted by Crippen LogP contribution is 2.03. The molecule has 0 bridgehead atoms. The van der Waals surface area contributed by atoms with Crippen LogP contribution in [0.1, 0.15) is 1.37 Å². The molecule has 0 saturated heterocycles. The van der Waals surface area contributed by atoms with E-state index < -0.39 is 37.6 Å². The number of aliphatic hydroxyl groups excluding tert-OH is 5. The van der Waals surface area contributed by atoms with E-state index in [0.717, 1.165) is 0 Å². The van der Waals surface area contributed by atoms with Crippen LogP contribution in [0, 0.1) is 0 Å². The molecular weight excluding hydrogens is 168 g/mol. The zero-order chi connectivity index (χ0) is 10.6. The average Bonchev–Trinajstić information content (AvgIpc) is 2.14. The van der Waals surface area contributed by atoms with Crippen molar-refractivity contribution >= 4 is 0 Å². The van der Waals surface area contributed by atoms with Gasteiger partial charge in [-0.25, -0.2) is 0 Å². The highest BCUT2D eigenvalue weighted by molar-refractivity contribution is 4.79. The lowest BCUT2D eigenvalue weighted by Gasteiger charge is -2.24. The molecule has 0 spiro atoms. The smallest absolute Gasteiger partial charge is 0.111 e. The zero-order valence-corrected chi connectivity index (χ0v) is 6.33. The van der Waals surface area contributed by atoms with Crippen molar-refractivity contribution in [1.82, 2.24) is 0 Å². The van der Waals surface area contributed by atoms with Gasteiger partial charge in [-0.3, -0.25) is 0 Å². The maximum atomic E-state index is 9.03. The standard InChI is InChI=1S/C6H14O6/c7-1-3(9)5(11)6(12)4(10)2-8/h3-12H,1-2H2/t3-,4+,5-,6-/m1/s1/i3D. The molecule has 0 aliphatic heterocycles. The molecule has 0 heterocycles. The second kappa shape index (κ2) is 5.41. The Labute approximate surface area is 70.7 Å². The minimum absolute atomic E-state index is 0.820. The summed E-state index contributed by atoms with van der Waals surface area (Å²) in [6.07, 6.45) is -8.27. The Morgan fingerprint density at radius 3 is 1.75 bits per heavy atom. The topological polar surface area (TPSA) is 121 Å². The summed E-state index contributed by atoms with van der Waals surface area (Å²) in [6.45, 7) is -1.91. The Morgan fingerprint density at radius 2 is 1.42 bits per heavy atom. The highest BCUT2D eigenvalue weighted by Gasteiger charge is 2.29. The molecule has 0 aliphatic carbocycles. The van der Waals surface area contributed by atoms with Crippen LogP contribution in [0.4, 0.5) is 0 Å². The van der Waals surface area contributed by atoms with E-state index in [1.54, 1.807) is 0 Å². The van der Waals surface area contributed by atoms with Gasteiger partial charge in [-0.15, -0.1) is 0 Å². The van der Waals surface area contributed by atoms with E-state index in [2.05, 4.69) is 0 Å². The first-order valence-corrected chi connectivity index (χ1v) is 3.35. The van der Waals surface area contributed by atoms with Gasteiger partial charge in [0.25, 0.3) is 0 Å². The van der Waals surface area contributed by atoms with Gasteiger partial charge in [0, 0.05) is 0 Å². The van der Waals surface area contributed by atoms with Gasteiger partial charge in [0.2, 0.25) is 0 Å². The van der Waals surface area contributed by atoms with E-state index in [1.807, 2.05) is 0 Å². The number of rotatable bonds is 5. The molecule has 4 atom stereocenters. The Bertz CT molecular complexity index is 152. The van der Waals surface area contributed by atoms with Crippen molar-refractivity contribution in [3.05, 3.63) is 0 Å². The van der Waals surface area contributed by atoms with E-state index in [4.69, 9.17) is 32.0 Å². The molecule has 0 saturated carbocycles. The van der Waals surface area contributed by atoms with E-state index in [9.17, 15) is 0 Å². The Hall–Kier alpha value is -0.240. The largest absolute Gasteiger partial charge is 0.394 e. The molecule has 0 unspecified atom stereocenters. The number of hydrogen-bond donors (Lipinski definition) is 6. The van der Waals surface area contributed by atoms with Crippen LogP contribution in [0.25, 0.3) is 0 Å². The second-order valence-electron chi connectivity index (χ2n) is 2.33. The predicted octanol–water partition coefficient (Wildman–Crippen LogP) is -3.59. The molecule has 0 aromatic heterocycles. The fourth-order valence-corrected chi connectivity index (χ4v) is 0.609. The van der Waals surface area contributed by atoms with E-state index in [-0.39, 0.29) is 0 Å². The van der Waals surface area contributed by atoms with Crippen molar-refractivity contribution in [2.24, 2.45) is 0 Å². The van der Waals surface area contributed by atoms with Crippen LogP contribution >= 0.6 is 0 Å². The first kappa shape index (κ1) is 9.85. The summed E-state index contributed by atoms with van der Waals surface area (Å²) >= 11 is 0. The summed E-state index contributed by atoms with van der Waals surface area (Å²) in [5, 5.41) is 52.6. The maximum absolute atomic E-state index is 9.03. The third-order valence-electron chi connectivity index (χ3n) is 1.41. The SMILES string of the molecule is [2H][C@@](O)(CO)[C@@H](O)[C@H](O)[C@@H](O)CO. The maximum Gasteiger partial charge on any atom is 0.111 e. The molecule has 0 fully saturated rings. The third-order valence-corrected chi connectivity index (χ3v) is 1.41. The summed E-state index contributed by atoms with van der Waals surface area (Å²) in [6, 6.07) is 0. The van der Waals surface area contributed by atoms with Gasteiger partial charge in [0.1, 0.15) is 24.4 Å². The molecule has 0 radical (unpaired) electrons. The van der Waals surface area contributed by atoms with Crippen LogP contribution in [0.3, 0.4) is 0 Å². The highest BCUT2D eigenvalue weighted by atomic mass is 16.4. The Morgan fingerprint density at radius 1 is 0.917 bits per heavy atom. The molecule has 0 aliphatic rings. The number of hydrogen-bond acceptors (Lipinski definition) is 6. The minimum Gasteiger partial charge on any atom is -0.394 e. The van der Waals surface area contributed by atoms with Crippen molar-refractivity contribution < 1.29 is 32.0 Å². The summed E-state index contributed by atoms with van der Waals surface area (Å²) < 4.78 is 6.88. The molecule has 6 heteroatoms. The van der Waals surface area contributed by atoms with Gasteiger partial charge in [-0.1, -0.05) is 0 Å². The van der Waals surface area contributed by atoms with Crippen molar-refractivity contribution in [2.75, 3.05) is 13.2 Å². The number of aliphatic hydroxyl groups is 6. The Balaban J connectivity index is 4.32. The molecule has 0 aromatic carbocycles. The van der Waals surface area contributed by atoms with Crippen LogP contribution in [-0.4, -0.2) is 68.2 Å². The second-order valence-corrected chi connectivity index (χ2v) is 2.33. The lowest BCUT2D eigenvalue weighted by Crippen LogP contribution is -2.46. The van der Waals surface area contributed by atoms with Crippen molar-refractivity contribution in [3.63, 3.8) is 0 Å². The van der Waals surface area contributed by atoms with Gasteiger partial charge >= 0.3 is 0 Å². The molecular formula is C6H14O6. The fourth-order valence-electron chi connectivity index (χ4n) is 0.609. The van der Waals surface area contributed by atoms with Crippen LogP contribution < -0.4 is 0 Å². The van der Waals surface area contributed by atoms with E-state index in [0.29, 0.717) is 0 Å². The molecule has 0 amide bonds. The summed E-state index contributed by atoms with van der Waals surface area (Å²) in [4.78, 5) is 0. The van der Waals surface area contributed by atoms with Crippen molar-refractivity contribution in [3.8, 4) is 0 Å². The third kappa shape index (κ3) is 3.02. The molecule has 0 rings (SSSR count). The van der Waals surface area contributed by atoms with Crippen molar-refractivity contribution in [2.45, 2.75) is 24.4 Å². The fraction of sp³-hybridized carbons (Fsp3) is 1.00. The van der Waals surface area contributed by atoms with E-state index in [1.165, 1.54) is 0 Å². The lowest BCUT2D eigenvalue weighted by molar-refractivity contribution is -0.123. The summed E-state index contributed by atoms with van der Waals surface area (Å²) in [5.74, 6) is 0. The first-order valence-electron chi connectivity index (χ1n) is 3.85. The molecule has 12 heavy (non-hydrogen) atoms. The van der Waals surface area contributed by atoms with Crippen LogP contribution in [0.5, 0.6) is 0 Å². The summed E-state index contributed by atoms with van der Waals surface area (Å²) in [5.41, 5.74) is 0. The average molecular weight is 183 g/mol.